The summed E-state index contributed by atoms with van der Waals surface area (Å²) in [6, 6.07) is 7.79. The number of carbonyl (C=O) groups excluding carboxylic acids is 1. The molecular weight excluding hydrogens is 340 g/mol. The summed E-state index contributed by atoms with van der Waals surface area (Å²) in [6.45, 7) is 7.64. The number of benzene rings is 1. The summed E-state index contributed by atoms with van der Waals surface area (Å²) in [5.74, 6) is -0.640. The van der Waals surface area contributed by atoms with E-state index in [1.807, 2.05) is 24.3 Å². The van der Waals surface area contributed by atoms with Gasteiger partial charge in [0.2, 0.25) is 0 Å². The van der Waals surface area contributed by atoms with Crippen molar-refractivity contribution >= 4 is 33.6 Å². The molecular formula is C17H24N4O3S. The number of amides is 1. The summed E-state index contributed by atoms with van der Waals surface area (Å²) in [7, 11) is -1.20. The molecule has 136 valence electrons. The topological polar surface area (TPSA) is 73.3 Å². The van der Waals surface area contributed by atoms with E-state index >= 15 is 0 Å². The van der Waals surface area contributed by atoms with Crippen molar-refractivity contribution in [1.82, 2.24) is 8.72 Å². The fraction of sp³-hybridized carbons (Fsp3) is 0.412. The first-order chi connectivity index (χ1) is 11.7. The van der Waals surface area contributed by atoms with Crippen LogP contribution >= 0.6 is 0 Å². The van der Waals surface area contributed by atoms with Crippen molar-refractivity contribution in [2.75, 3.05) is 32.1 Å². The molecule has 0 radical (unpaired) electrons. The van der Waals surface area contributed by atoms with Crippen molar-refractivity contribution in [2.24, 2.45) is 5.10 Å². The Kier molecular flexibility index (Phi) is 5.64. The summed E-state index contributed by atoms with van der Waals surface area (Å²) < 4.78 is 25.8. The molecule has 0 aromatic heterocycles. The molecule has 1 aromatic carbocycles. The predicted octanol–water partition coefficient (Wildman–Crippen LogP) is 1.94. The second-order valence-electron chi connectivity index (χ2n) is 5.85. The van der Waals surface area contributed by atoms with Crippen LogP contribution in [0.2, 0.25) is 0 Å². The molecule has 0 spiro atoms. The smallest absolute Gasteiger partial charge is 0.325 e. The fourth-order valence-corrected chi connectivity index (χ4v) is 3.35. The highest BCUT2D eigenvalue weighted by Gasteiger charge is 2.37. The van der Waals surface area contributed by atoms with Crippen molar-refractivity contribution < 1.29 is 13.2 Å². The van der Waals surface area contributed by atoms with E-state index in [9.17, 15) is 13.2 Å². The van der Waals surface area contributed by atoms with Gasteiger partial charge in [-0.25, -0.2) is 0 Å². The average Bonchev–Trinajstić information content (AvgIpc) is 2.86. The first-order valence-corrected chi connectivity index (χ1v) is 9.51. The van der Waals surface area contributed by atoms with Crippen molar-refractivity contribution in [3.63, 3.8) is 0 Å². The summed E-state index contributed by atoms with van der Waals surface area (Å²) in [6.07, 6.45) is 1.67. The normalized spacial score (nSPS) is 16.7. The molecule has 1 aromatic rings. The molecule has 0 unspecified atom stereocenters. The van der Waals surface area contributed by atoms with Gasteiger partial charge < -0.3 is 4.90 Å². The maximum absolute atomic E-state index is 12.5. The Labute approximate surface area is 149 Å². The lowest BCUT2D eigenvalue weighted by atomic mass is 10.1. The van der Waals surface area contributed by atoms with Gasteiger partial charge in [-0.05, 0) is 44.5 Å². The SMILES string of the molecule is CCN(CC)c1ccc(C=C2C(=O)N(S(=O)(=O)N(C)C)N=C2C)cc1. The van der Waals surface area contributed by atoms with Gasteiger partial charge in [-0.2, -0.15) is 17.8 Å². The molecule has 1 amide bonds. The van der Waals surface area contributed by atoms with E-state index in [2.05, 4.69) is 23.8 Å². The van der Waals surface area contributed by atoms with E-state index in [1.165, 1.54) is 14.1 Å². The zero-order valence-electron chi connectivity index (χ0n) is 15.2. The Hall–Kier alpha value is -2.19. The largest absolute Gasteiger partial charge is 0.372 e. The summed E-state index contributed by atoms with van der Waals surface area (Å²) >= 11 is 0. The third-order valence-electron chi connectivity index (χ3n) is 4.05. The van der Waals surface area contributed by atoms with Gasteiger partial charge in [0, 0.05) is 32.9 Å². The van der Waals surface area contributed by atoms with E-state index in [1.54, 1.807) is 13.0 Å². The minimum absolute atomic E-state index is 0.279. The second kappa shape index (κ2) is 7.37. The van der Waals surface area contributed by atoms with Gasteiger partial charge in [0.25, 0.3) is 5.91 Å². The molecule has 1 aliphatic rings. The van der Waals surface area contributed by atoms with Crippen LogP contribution in [0.1, 0.15) is 26.3 Å². The third-order valence-corrected chi connectivity index (χ3v) is 5.65. The van der Waals surface area contributed by atoms with Crippen molar-refractivity contribution in [3.8, 4) is 0 Å². The predicted molar refractivity (Wildman–Crippen MR) is 101 cm³/mol. The summed E-state index contributed by atoms with van der Waals surface area (Å²) in [5.41, 5.74) is 2.58. The maximum atomic E-state index is 12.5. The Morgan fingerprint density at radius 2 is 1.68 bits per heavy atom. The lowest BCUT2D eigenvalue weighted by Gasteiger charge is -2.20. The number of hydrazone groups is 1. The van der Waals surface area contributed by atoms with Gasteiger partial charge in [-0.15, -0.1) is 4.41 Å². The van der Waals surface area contributed by atoms with Crippen molar-refractivity contribution in [2.45, 2.75) is 20.8 Å². The molecule has 1 heterocycles. The fourth-order valence-electron chi connectivity index (χ4n) is 2.51. The lowest BCUT2D eigenvalue weighted by molar-refractivity contribution is -0.121. The first-order valence-electron chi connectivity index (χ1n) is 8.11. The standard InChI is InChI=1S/C17H24N4O3S/c1-6-20(7-2)15-10-8-14(9-11-15)12-16-13(3)18-21(17(16)22)25(23,24)19(4)5/h8-12H,6-7H2,1-5H3. The Morgan fingerprint density at radius 3 is 2.16 bits per heavy atom. The highest BCUT2D eigenvalue weighted by atomic mass is 32.2. The van der Waals surface area contributed by atoms with Crippen LogP contribution < -0.4 is 4.90 Å². The molecule has 0 fully saturated rings. The van der Waals surface area contributed by atoms with Crippen LogP contribution in [0.5, 0.6) is 0 Å². The molecule has 7 nitrogen and oxygen atoms in total. The number of anilines is 1. The van der Waals surface area contributed by atoms with Gasteiger partial charge in [-0.1, -0.05) is 12.1 Å². The molecule has 8 heteroatoms. The number of hydrogen-bond donors (Lipinski definition) is 0. The number of hydrogen-bond acceptors (Lipinski definition) is 5. The van der Waals surface area contributed by atoms with Crippen LogP contribution in [0.3, 0.4) is 0 Å². The molecule has 0 aliphatic carbocycles. The molecule has 0 bridgehead atoms. The Bertz CT molecular complexity index is 807. The van der Waals surface area contributed by atoms with E-state index in [4.69, 9.17) is 0 Å². The quantitative estimate of drug-likeness (QED) is 0.723. The van der Waals surface area contributed by atoms with Crippen molar-refractivity contribution in [1.29, 1.82) is 0 Å². The van der Waals surface area contributed by atoms with Crippen LogP contribution in [0.4, 0.5) is 5.69 Å². The Morgan fingerprint density at radius 1 is 1.12 bits per heavy atom. The highest BCUT2D eigenvalue weighted by molar-refractivity contribution is 7.87. The van der Waals surface area contributed by atoms with E-state index in [0.29, 0.717) is 10.1 Å². The summed E-state index contributed by atoms with van der Waals surface area (Å²) in [4.78, 5) is 14.7. The number of carbonyl (C=O) groups is 1. The molecule has 1 aliphatic heterocycles. The number of rotatable bonds is 6. The maximum Gasteiger partial charge on any atom is 0.325 e. The third kappa shape index (κ3) is 3.74. The Balaban J connectivity index is 2.30. The van der Waals surface area contributed by atoms with E-state index < -0.39 is 16.1 Å². The van der Waals surface area contributed by atoms with Crippen LogP contribution in [0.15, 0.2) is 34.9 Å². The first kappa shape index (κ1) is 19.1. The minimum atomic E-state index is -3.93. The molecule has 0 atom stereocenters. The van der Waals surface area contributed by atoms with Gasteiger partial charge >= 0.3 is 10.2 Å². The van der Waals surface area contributed by atoms with Crippen LogP contribution in [-0.2, 0) is 15.0 Å². The van der Waals surface area contributed by atoms with Gasteiger partial charge in [0.1, 0.15) is 0 Å². The summed E-state index contributed by atoms with van der Waals surface area (Å²) in [5, 5.41) is 3.91. The molecule has 25 heavy (non-hydrogen) atoms. The van der Waals surface area contributed by atoms with E-state index in [-0.39, 0.29) is 5.57 Å². The van der Waals surface area contributed by atoms with Crippen LogP contribution in [-0.4, -0.2) is 55.9 Å². The molecule has 0 N–H and O–H groups in total. The van der Waals surface area contributed by atoms with Crippen LogP contribution in [0.25, 0.3) is 6.08 Å². The number of nitrogens with zero attached hydrogens (tertiary/aromatic N) is 4. The zero-order chi connectivity index (χ0) is 18.8. The molecule has 0 saturated carbocycles. The molecule has 0 saturated heterocycles. The van der Waals surface area contributed by atoms with Gasteiger partial charge in [0.15, 0.2) is 0 Å². The second-order valence-corrected chi connectivity index (χ2v) is 7.82. The van der Waals surface area contributed by atoms with Crippen LogP contribution in [0, 0.1) is 0 Å². The van der Waals surface area contributed by atoms with Gasteiger partial charge in [-0.3, -0.25) is 4.79 Å². The highest BCUT2D eigenvalue weighted by Crippen LogP contribution is 2.23. The van der Waals surface area contributed by atoms with Gasteiger partial charge in [0.05, 0.1) is 11.3 Å². The average molecular weight is 364 g/mol. The molecule has 2 rings (SSSR count). The lowest BCUT2D eigenvalue weighted by Crippen LogP contribution is -2.38. The minimum Gasteiger partial charge on any atom is -0.372 e. The monoisotopic (exact) mass is 364 g/mol. The van der Waals surface area contributed by atoms with Crippen molar-refractivity contribution in [3.05, 3.63) is 35.4 Å². The van der Waals surface area contributed by atoms with E-state index in [0.717, 1.165) is 28.6 Å². The zero-order valence-corrected chi connectivity index (χ0v) is 16.0.